The molecule has 0 saturated carbocycles. The topological polar surface area (TPSA) is 76.9 Å². The predicted molar refractivity (Wildman–Crippen MR) is 80.0 cm³/mol. The van der Waals surface area contributed by atoms with Gasteiger partial charge in [0.05, 0.1) is 0 Å². The van der Waals surface area contributed by atoms with Crippen molar-refractivity contribution in [3.63, 3.8) is 0 Å². The molecule has 0 spiro atoms. The number of sulfonamides is 1. The van der Waals surface area contributed by atoms with Gasteiger partial charge in [-0.2, -0.15) is 8.42 Å². The fourth-order valence-electron chi connectivity index (χ4n) is 1.75. The van der Waals surface area contributed by atoms with E-state index in [2.05, 4.69) is 44.8 Å². The zero-order chi connectivity index (χ0) is 14.9. The second kappa shape index (κ2) is 5.53. The Morgan fingerprint density at radius 3 is 2.30 bits per heavy atom. The Morgan fingerprint density at radius 2 is 1.85 bits per heavy atom. The second-order valence-electron chi connectivity index (χ2n) is 4.69. The normalized spacial score (nSPS) is 11.8. The van der Waals surface area contributed by atoms with Crippen LogP contribution >= 0.6 is 15.9 Å². The maximum Gasteiger partial charge on any atom is 0.281 e. The minimum absolute atomic E-state index is 0.00886. The number of hydrogen-bond acceptors (Lipinski definition) is 4. The first kappa shape index (κ1) is 15.0. The van der Waals surface area contributed by atoms with Gasteiger partial charge in [-0.25, -0.2) is 4.68 Å². The molecule has 20 heavy (non-hydrogen) atoms. The molecule has 0 aliphatic rings. The number of nitrogens with zero attached hydrogens (tertiary/aromatic N) is 3. The number of aromatic nitrogens is 3. The SMILES string of the molecule is CC(C)c1ccc(NS(=O)(=O)c2c(Br)nnn2C)cc1. The van der Waals surface area contributed by atoms with Gasteiger partial charge in [0.25, 0.3) is 10.0 Å². The molecule has 108 valence electrons. The molecule has 0 amide bonds. The van der Waals surface area contributed by atoms with Crippen LogP contribution in [0.25, 0.3) is 0 Å². The van der Waals surface area contributed by atoms with Gasteiger partial charge in [0.1, 0.15) is 0 Å². The van der Waals surface area contributed by atoms with Crippen molar-refractivity contribution in [2.75, 3.05) is 4.72 Å². The number of rotatable bonds is 4. The molecule has 8 heteroatoms. The Hall–Kier alpha value is -1.41. The molecule has 0 aliphatic heterocycles. The minimum Gasteiger partial charge on any atom is -0.278 e. The molecule has 0 aliphatic carbocycles. The number of nitrogens with one attached hydrogen (secondary N) is 1. The van der Waals surface area contributed by atoms with Gasteiger partial charge in [0.2, 0.25) is 5.03 Å². The van der Waals surface area contributed by atoms with Crippen LogP contribution in [0.2, 0.25) is 0 Å². The highest BCUT2D eigenvalue weighted by atomic mass is 79.9. The average molecular weight is 359 g/mol. The lowest BCUT2D eigenvalue weighted by molar-refractivity contribution is 0.578. The van der Waals surface area contributed by atoms with E-state index in [1.807, 2.05) is 12.1 Å². The Kier molecular flexibility index (Phi) is 4.14. The van der Waals surface area contributed by atoms with E-state index < -0.39 is 10.0 Å². The van der Waals surface area contributed by atoms with Crippen LogP contribution in [0.4, 0.5) is 5.69 Å². The average Bonchev–Trinajstić information content (AvgIpc) is 2.69. The molecular weight excluding hydrogens is 344 g/mol. The van der Waals surface area contributed by atoms with Crippen LogP contribution in [0.1, 0.15) is 25.3 Å². The van der Waals surface area contributed by atoms with E-state index in [0.717, 1.165) is 5.56 Å². The number of anilines is 1. The molecule has 0 bridgehead atoms. The lowest BCUT2D eigenvalue weighted by atomic mass is 10.0. The van der Waals surface area contributed by atoms with Crippen molar-refractivity contribution in [2.24, 2.45) is 7.05 Å². The van der Waals surface area contributed by atoms with Crippen molar-refractivity contribution in [3.8, 4) is 0 Å². The third kappa shape index (κ3) is 3.01. The summed E-state index contributed by atoms with van der Waals surface area (Å²) < 4.78 is 28.5. The third-order valence-electron chi connectivity index (χ3n) is 2.82. The van der Waals surface area contributed by atoms with Crippen LogP contribution in [0.5, 0.6) is 0 Å². The molecule has 0 saturated heterocycles. The van der Waals surface area contributed by atoms with E-state index >= 15 is 0 Å². The Morgan fingerprint density at radius 1 is 1.25 bits per heavy atom. The third-order valence-corrected chi connectivity index (χ3v) is 5.09. The summed E-state index contributed by atoms with van der Waals surface area (Å²) in [6.07, 6.45) is 0. The highest BCUT2D eigenvalue weighted by Crippen LogP contribution is 2.22. The van der Waals surface area contributed by atoms with Crippen LogP contribution in [-0.4, -0.2) is 23.4 Å². The van der Waals surface area contributed by atoms with Gasteiger partial charge in [0, 0.05) is 12.7 Å². The summed E-state index contributed by atoms with van der Waals surface area (Å²) in [5, 5.41) is 7.32. The van der Waals surface area contributed by atoms with Gasteiger partial charge in [-0.3, -0.25) is 4.72 Å². The lowest BCUT2D eigenvalue weighted by Crippen LogP contribution is -2.17. The number of halogens is 1. The van der Waals surface area contributed by atoms with Crippen molar-refractivity contribution < 1.29 is 8.42 Å². The minimum atomic E-state index is -3.72. The summed E-state index contributed by atoms with van der Waals surface area (Å²) in [7, 11) is -2.20. The molecule has 0 atom stereocenters. The number of aryl methyl sites for hydroxylation is 1. The van der Waals surface area contributed by atoms with Gasteiger partial charge in [0.15, 0.2) is 4.60 Å². The van der Waals surface area contributed by atoms with E-state index in [0.29, 0.717) is 11.6 Å². The molecule has 0 unspecified atom stereocenters. The monoisotopic (exact) mass is 358 g/mol. The Labute approximate surface area is 126 Å². The molecule has 6 nitrogen and oxygen atoms in total. The summed E-state index contributed by atoms with van der Waals surface area (Å²) in [6.45, 7) is 4.16. The first-order chi connectivity index (χ1) is 9.31. The molecule has 0 fully saturated rings. The Balaban J connectivity index is 2.29. The van der Waals surface area contributed by atoms with E-state index in [1.165, 1.54) is 11.7 Å². The maximum absolute atomic E-state index is 12.3. The predicted octanol–water partition coefficient (Wildman–Crippen LogP) is 2.50. The highest BCUT2D eigenvalue weighted by Gasteiger charge is 2.23. The van der Waals surface area contributed by atoms with Crippen molar-refractivity contribution in [3.05, 3.63) is 34.4 Å². The summed E-state index contributed by atoms with van der Waals surface area (Å²) >= 11 is 3.08. The smallest absolute Gasteiger partial charge is 0.278 e. The summed E-state index contributed by atoms with van der Waals surface area (Å²) in [4.78, 5) is 0. The highest BCUT2D eigenvalue weighted by molar-refractivity contribution is 9.10. The fraction of sp³-hybridized carbons (Fsp3) is 0.333. The summed E-state index contributed by atoms with van der Waals surface area (Å²) in [5.41, 5.74) is 1.65. The van der Waals surface area contributed by atoms with Gasteiger partial charge >= 0.3 is 0 Å². The van der Waals surface area contributed by atoms with E-state index in [9.17, 15) is 8.42 Å². The van der Waals surface area contributed by atoms with Crippen LogP contribution < -0.4 is 4.72 Å². The molecule has 2 aromatic rings. The first-order valence-corrected chi connectivity index (χ1v) is 8.27. The van der Waals surface area contributed by atoms with Gasteiger partial charge in [-0.1, -0.05) is 31.2 Å². The van der Waals surface area contributed by atoms with Crippen molar-refractivity contribution in [2.45, 2.75) is 24.8 Å². The number of benzene rings is 1. The molecular formula is C12H15BrN4O2S. The second-order valence-corrected chi connectivity index (χ2v) is 7.04. The van der Waals surface area contributed by atoms with Crippen LogP contribution in [0.15, 0.2) is 33.9 Å². The lowest BCUT2D eigenvalue weighted by Gasteiger charge is -2.10. The zero-order valence-electron chi connectivity index (χ0n) is 11.3. The van der Waals surface area contributed by atoms with Gasteiger partial charge < -0.3 is 0 Å². The van der Waals surface area contributed by atoms with Crippen molar-refractivity contribution in [1.82, 2.24) is 15.0 Å². The first-order valence-electron chi connectivity index (χ1n) is 5.99. The van der Waals surface area contributed by atoms with Crippen molar-refractivity contribution >= 4 is 31.6 Å². The number of hydrogen-bond donors (Lipinski definition) is 1. The quantitative estimate of drug-likeness (QED) is 0.910. The molecule has 1 heterocycles. The summed E-state index contributed by atoms with van der Waals surface area (Å²) in [6, 6.07) is 7.29. The molecule has 1 aromatic heterocycles. The van der Waals surface area contributed by atoms with E-state index in [-0.39, 0.29) is 9.63 Å². The summed E-state index contributed by atoms with van der Waals surface area (Å²) in [5.74, 6) is 0.399. The van der Waals surface area contributed by atoms with Gasteiger partial charge in [-0.05, 0) is 39.5 Å². The largest absolute Gasteiger partial charge is 0.281 e. The van der Waals surface area contributed by atoms with Crippen LogP contribution in [0.3, 0.4) is 0 Å². The fourth-order valence-corrected chi connectivity index (χ4v) is 3.90. The van der Waals surface area contributed by atoms with E-state index in [1.54, 1.807) is 12.1 Å². The standard InChI is InChI=1S/C12H15BrN4O2S/c1-8(2)9-4-6-10(7-5-9)15-20(18,19)12-11(13)14-16-17(12)3/h4-8,15H,1-3H3. The van der Waals surface area contributed by atoms with Crippen molar-refractivity contribution in [1.29, 1.82) is 0 Å². The van der Waals surface area contributed by atoms with Crippen LogP contribution in [0, 0.1) is 0 Å². The maximum atomic E-state index is 12.3. The molecule has 2 rings (SSSR count). The Bertz CT molecular complexity index is 688. The zero-order valence-corrected chi connectivity index (χ0v) is 13.7. The molecule has 1 N–H and O–H groups in total. The van der Waals surface area contributed by atoms with Crippen LogP contribution in [-0.2, 0) is 17.1 Å². The molecule has 1 aromatic carbocycles. The molecule has 0 radical (unpaired) electrons. The van der Waals surface area contributed by atoms with E-state index in [4.69, 9.17) is 0 Å². The van der Waals surface area contributed by atoms with Gasteiger partial charge in [-0.15, -0.1) is 5.10 Å².